The second-order valence-corrected chi connectivity index (χ2v) is 6.36. The van der Waals surface area contributed by atoms with Crippen molar-refractivity contribution in [2.45, 2.75) is 18.9 Å². The van der Waals surface area contributed by atoms with Gasteiger partial charge in [0.2, 0.25) is 5.91 Å². The lowest BCUT2D eigenvalue weighted by Crippen LogP contribution is -2.52. The minimum Gasteiger partial charge on any atom is -0.351 e. The van der Waals surface area contributed by atoms with Crippen LogP contribution in [-0.4, -0.2) is 40.9 Å². The van der Waals surface area contributed by atoms with Crippen molar-refractivity contribution >= 4 is 29.1 Å². The maximum atomic E-state index is 12.7. The Labute approximate surface area is 154 Å². The Balaban J connectivity index is 1.51. The van der Waals surface area contributed by atoms with Gasteiger partial charge in [-0.2, -0.15) is 5.11 Å². The van der Waals surface area contributed by atoms with E-state index in [0.29, 0.717) is 30.8 Å². The molecule has 2 N–H and O–H groups in total. The highest BCUT2D eigenvalue weighted by Gasteiger charge is 2.41. The molecule has 3 aliphatic rings. The van der Waals surface area contributed by atoms with Gasteiger partial charge >= 0.3 is 0 Å². The van der Waals surface area contributed by atoms with Gasteiger partial charge in [-0.05, 0) is 30.2 Å². The van der Waals surface area contributed by atoms with Crippen LogP contribution in [-0.2, 0) is 14.4 Å². The van der Waals surface area contributed by atoms with Crippen molar-refractivity contribution in [2.75, 3.05) is 11.9 Å². The van der Waals surface area contributed by atoms with E-state index in [2.05, 4.69) is 32.7 Å². The smallest absolute Gasteiger partial charge is 0.278 e. The summed E-state index contributed by atoms with van der Waals surface area (Å²) in [6.45, 7) is 4.11. The van der Waals surface area contributed by atoms with Crippen LogP contribution in [0.25, 0.3) is 0 Å². The molecular weight excluding hydrogens is 348 g/mol. The Hall–Kier alpha value is -3.62. The molecule has 1 aromatic carbocycles. The van der Waals surface area contributed by atoms with Gasteiger partial charge in [0.05, 0.1) is 5.71 Å². The van der Waals surface area contributed by atoms with Crippen molar-refractivity contribution in [3.8, 4) is 0 Å². The molecule has 0 aromatic heterocycles. The fourth-order valence-corrected chi connectivity index (χ4v) is 3.17. The number of anilines is 1. The molecule has 0 bridgehead atoms. The number of rotatable bonds is 4. The van der Waals surface area contributed by atoms with Crippen molar-refractivity contribution in [2.24, 2.45) is 15.4 Å². The van der Waals surface area contributed by atoms with Crippen LogP contribution in [0.5, 0.6) is 0 Å². The maximum Gasteiger partial charge on any atom is 0.278 e. The fourth-order valence-electron chi connectivity index (χ4n) is 3.17. The number of carbonyl (C=O) groups is 3. The number of imide groups is 1. The van der Waals surface area contributed by atoms with Gasteiger partial charge in [-0.25, -0.2) is 0 Å². The predicted octanol–water partition coefficient (Wildman–Crippen LogP) is 1.31. The minimum atomic E-state index is -0.826. The van der Waals surface area contributed by atoms with Gasteiger partial charge in [-0.1, -0.05) is 18.7 Å². The van der Waals surface area contributed by atoms with Gasteiger partial charge < -0.3 is 10.6 Å². The first-order valence-electron chi connectivity index (χ1n) is 8.41. The average molecular weight is 364 g/mol. The second kappa shape index (κ2) is 6.60. The first kappa shape index (κ1) is 16.8. The van der Waals surface area contributed by atoms with Crippen molar-refractivity contribution in [1.29, 1.82) is 0 Å². The van der Waals surface area contributed by atoms with Crippen LogP contribution in [0.3, 0.4) is 0 Å². The van der Waals surface area contributed by atoms with Crippen LogP contribution >= 0.6 is 0 Å². The monoisotopic (exact) mass is 364 g/mol. The molecule has 1 aromatic rings. The molecule has 136 valence electrons. The molecule has 0 aliphatic carbocycles. The zero-order chi connectivity index (χ0) is 19.0. The number of carbonyl (C=O) groups excluding carboxylic acids is 3. The van der Waals surface area contributed by atoms with E-state index in [1.165, 1.54) is 6.08 Å². The molecule has 0 radical (unpaired) electrons. The summed E-state index contributed by atoms with van der Waals surface area (Å²) >= 11 is 0. The van der Waals surface area contributed by atoms with E-state index in [-0.39, 0.29) is 5.70 Å². The topological polar surface area (TPSA) is 116 Å². The highest BCUT2D eigenvalue weighted by molar-refractivity contribution is 6.19. The lowest BCUT2D eigenvalue weighted by molar-refractivity contribution is -0.146. The number of benzene rings is 1. The van der Waals surface area contributed by atoms with Gasteiger partial charge in [0.1, 0.15) is 18.3 Å². The highest BCUT2D eigenvalue weighted by Crippen LogP contribution is 2.24. The molecule has 3 amide bonds. The standard InChI is InChI=1S/C18H16N6O3/c1-10-5-6-15(17(26)20-10)24-16(25)8-13(18(24)27)21-12-4-2-3-11(7-12)14-9-19-23-22-14/h2-4,7-8,15,21H,1,5-6,9H2,(H,20,26). The van der Waals surface area contributed by atoms with Crippen LogP contribution < -0.4 is 10.6 Å². The predicted molar refractivity (Wildman–Crippen MR) is 96.6 cm³/mol. The van der Waals surface area contributed by atoms with E-state index >= 15 is 0 Å². The molecule has 0 saturated carbocycles. The summed E-state index contributed by atoms with van der Waals surface area (Å²) in [5, 5.41) is 16.9. The zero-order valence-electron chi connectivity index (χ0n) is 14.3. The third-order valence-corrected chi connectivity index (χ3v) is 4.51. The Morgan fingerprint density at radius 2 is 2.11 bits per heavy atom. The van der Waals surface area contributed by atoms with Crippen molar-refractivity contribution in [3.05, 3.63) is 53.9 Å². The Morgan fingerprint density at radius 1 is 1.26 bits per heavy atom. The van der Waals surface area contributed by atoms with E-state index in [0.717, 1.165) is 16.2 Å². The molecule has 3 aliphatic heterocycles. The molecule has 9 nitrogen and oxygen atoms in total. The van der Waals surface area contributed by atoms with Crippen molar-refractivity contribution in [3.63, 3.8) is 0 Å². The molecular formula is C18H16N6O3. The quantitative estimate of drug-likeness (QED) is 0.784. The van der Waals surface area contributed by atoms with E-state index in [4.69, 9.17) is 0 Å². The Morgan fingerprint density at radius 3 is 2.85 bits per heavy atom. The largest absolute Gasteiger partial charge is 0.351 e. The third-order valence-electron chi connectivity index (χ3n) is 4.51. The van der Waals surface area contributed by atoms with Gasteiger partial charge in [0, 0.05) is 23.0 Å². The molecule has 1 fully saturated rings. The lowest BCUT2D eigenvalue weighted by Gasteiger charge is -2.29. The number of hydrogen-bond acceptors (Lipinski definition) is 7. The number of nitrogens with zero attached hydrogens (tertiary/aromatic N) is 4. The molecule has 1 unspecified atom stereocenters. The van der Waals surface area contributed by atoms with E-state index in [1.807, 2.05) is 6.07 Å². The number of amides is 3. The van der Waals surface area contributed by atoms with E-state index in [9.17, 15) is 14.4 Å². The van der Waals surface area contributed by atoms with Crippen LogP contribution in [0, 0.1) is 0 Å². The molecule has 1 saturated heterocycles. The zero-order valence-corrected chi connectivity index (χ0v) is 14.3. The Kier molecular flexibility index (Phi) is 4.11. The normalized spacial score (nSPS) is 22.1. The molecule has 1 atom stereocenters. The summed E-state index contributed by atoms with van der Waals surface area (Å²) in [7, 11) is 0. The highest BCUT2D eigenvalue weighted by atomic mass is 16.2. The summed E-state index contributed by atoms with van der Waals surface area (Å²) in [5.41, 5.74) is 2.88. The minimum absolute atomic E-state index is 0.122. The summed E-state index contributed by atoms with van der Waals surface area (Å²) < 4.78 is 0. The van der Waals surface area contributed by atoms with E-state index < -0.39 is 23.8 Å². The molecule has 27 heavy (non-hydrogen) atoms. The van der Waals surface area contributed by atoms with Gasteiger partial charge in [-0.3, -0.25) is 19.3 Å². The maximum absolute atomic E-state index is 12.7. The number of piperidine rings is 1. The average Bonchev–Trinajstić information content (AvgIpc) is 3.26. The van der Waals surface area contributed by atoms with Crippen molar-refractivity contribution < 1.29 is 14.4 Å². The fraction of sp³-hybridized carbons (Fsp3) is 0.222. The van der Waals surface area contributed by atoms with Crippen LogP contribution in [0.15, 0.2) is 63.8 Å². The number of hydrogen-bond donors (Lipinski definition) is 2. The molecule has 0 spiro atoms. The van der Waals surface area contributed by atoms with Crippen LogP contribution in [0.2, 0.25) is 0 Å². The van der Waals surface area contributed by atoms with E-state index in [1.54, 1.807) is 18.2 Å². The SMILES string of the molecule is C=C1CCC(N2C(=O)C=C(Nc3cccc(C4=NN=NC4)c3)C2=O)C(=O)N1. The van der Waals surface area contributed by atoms with Gasteiger partial charge in [0.15, 0.2) is 0 Å². The first-order valence-corrected chi connectivity index (χ1v) is 8.41. The molecule has 4 rings (SSSR count). The third kappa shape index (κ3) is 3.14. The summed E-state index contributed by atoms with van der Waals surface area (Å²) in [5.74, 6) is -1.43. The Bertz CT molecular complexity index is 962. The first-order chi connectivity index (χ1) is 13.0. The lowest BCUT2D eigenvalue weighted by atomic mass is 10.0. The second-order valence-electron chi connectivity index (χ2n) is 6.36. The molecule has 3 heterocycles. The molecule has 9 heteroatoms. The summed E-state index contributed by atoms with van der Waals surface area (Å²) in [6.07, 6.45) is 2.10. The summed E-state index contributed by atoms with van der Waals surface area (Å²) in [4.78, 5) is 38.2. The van der Waals surface area contributed by atoms with Crippen LogP contribution in [0.1, 0.15) is 18.4 Å². The summed E-state index contributed by atoms with van der Waals surface area (Å²) in [6, 6.07) is 6.41. The number of allylic oxidation sites excluding steroid dienone is 1. The van der Waals surface area contributed by atoms with Crippen molar-refractivity contribution in [1.82, 2.24) is 10.2 Å². The van der Waals surface area contributed by atoms with Gasteiger partial charge in [0.25, 0.3) is 11.8 Å². The van der Waals surface area contributed by atoms with Gasteiger partial charge in [-0.15, -0.1) is 5.10 Å². The number of nitrogens with one attached hydrogen (secondary N) is 2. The van der Waals surface area contributed by atoms with Crippen LogP contribution in [0.4, 0.5) is 5.69 Å².